The van der Waals surface area contributed by atoms with Crippen molar-refractivity contribution in [3.63, 3.8) is 0 Å². The fourth-order valence-corrected chi connectivity index (χ4v) is 3.04. The van der Waals surface area contributed by atoms with Gasteiger partial charge in [0.25, 0.3) is 0 Å². The van der Waals surface area contributed by atoms with Crippen LogP contribution in [0, 0.1) is 20.8 Å². The third-order valence-corrected chi connectivity index (χ3v) is 4.23. The minimum absolute atomic E-state index is 0.00895. The van der Waals surface area contributed by atoms with Crippen LogP contribution in [0.25, 0.3) is 0 Å². The molecule has 0 bridgehead atoms. The third kappa shape index (κ3) is 4.57. The van der Waals surface area contributed by atoms with E-state index in [4.69, 9.17) is 11.6 Å². The average Bonchev–Trinajstić information content (AvgIpc) is 2.49. The van der Waals surface area contributed by atoms with Crippen molar-refractivity contribution >= 4 is 23.2 Å². The first-order chi connectivity index (χ1) is 10.9. The Kier molecular flexibility index (Phi) is 5.80. The summed E-state index contributed by atoms with van der Waals surface area (Å²) < 4.78 is 0. The van der Waals surface area contributed by atoms with E-state index in [1.807, 2.05) is 45.0 Å². The SMILES string of the molecule is Cc1cc(C)c(NC(=O)CN[C@@H](C)c2ccccc2Cl)c(C)c1. The molecule has 0 heterocycles. The Morgan fingerprint density at radius 1 is 1.13 bits per heavy atom. The molecule has 2 rings (SSSR count). The number of amides is 1. The van der Waals surface area contributed by atoms with Gasteiger partial charge in [0.1, 0.15) is 0 Å². The molecule has 122 valence electrons. The van der Waals surface area contributed by atoms with Gasteiger partial charge in [-0.1, -0.05) is 47.5 Å². The number of carbonyl (C=O) groups is 1. The van der Waals surface area contributed by atoms with Crippen molar-refractivity contribution in [2.75, 3.05) is 11.9 Å². The fourth-order valence-electron chi connectivity index (χ4n) is 2.74. The summed E-state index contributed by atoms with van der Waals surface area (Å²) in [4.78, 5) is 12.2. The van der Waals surface area contributed by atoms with E-state index in [0.717, 1.165) is 22.4 Å². The lowest BCUT2D eigenvalue weighted by molar-refractivity contribution is -0.115. The molecule has 2 aromatic carbocycles. The molecule has 0 aliphatic rings. The van der Waals surface area contributed by atoms with Crippen LogP contribution in [0.5, 0.6) is 0 Å². The minimum Gasteiger partial charge on any atom is -0.324 e. The van der Waals surface area contributed by atoms with Gasteiger partial charge in [-0.3, -0.25) is 4.79 Å². The largest absolute Gasteiger partial charge is 0.324 e. The summed E-state index contributed by atoms with van der Waals surface area (Å²) in [7, 11) is 0. The average molecular weight is 331 g/mol. The summed E-state index contributed by atoms with van der Waals surface area (Å²) in [6.45, 7) is 8.30. The summed E-state index contributed by atoms with van der Waals surface area (Å²) >= 11 is 6.18. The van der Waals surface area contributed by atoms with Gasteiger partial charge in [-0.2, -0.15) is 0 Å². The number of anilines is 1. The topological polar surface area (TPSA) is 41.1 Å². The number of halogens is 1. The molecule has 0 unspecified atom stereocenters. The highest BCUT2D eigenvalue weighted by molar-refractivity contribution is 6.31. The second kappa shape index (κ2) is 7.62. The van der Waals surface area contributed by atoms with E-state index < -0.39 is 0 Å². The zero-order chi connectivity index (χ0) is 17.0. The van der Waals surface area contributed by atoms with Crippen molar-refractivity contribution in [2.24, 2.45) is 0 Å². The molecule has 2 N–H and O–H groups in total. The predicted octanol–water partition coefficient (Wildman–Crippen LogP) is 4.55. The number of hydrogen-bond acceptors (Lipinski definition) is 2. The first-order valence-electron chi connectivity index (χ1n) is 7.74. The number of hydrogen-bond donors (Lipinski definition) is 2. The zero-order valence-corrected chi connectivity index (χ0v) is 14.8. The molecule has 0 aliphatic carbocycles. The van der Waals surface area contributed by atoms with Gasteiger partial charge in [-0.05, 0) is 50.5 Å². The first-order valence-corrected chi connectivity index (χ1v) is 8.11. The Hall–Kier alpha value is -1.84. The molecule has 0 aliphatic heterocycles. The fraction of sp³-hybridized carbons (Fsp3) is 0.316. The molecule has 0 saturated heterocycles. The highest BCUT2D eigenvalue weighted by Gasteiger charge is 2.12. The first kappa shape index (κ1) is 17.5. The van der Waals surface area contributed by atoms with Crippen molar-refractivity contribution in [3.05, 3.63) is 63.7 Å². The lowest BCUT2D eigenvalue weighted by atomic mass is 10.1. The van der Waals surface area contributed by atoms with Gasteiger partial charge >= 0.3 is 0 Å². The van der Waals surface area contributed by atoms with Gasteiger partial charge in [-0.25, -0.2) is 0 Å². The van der Waals surface area contributed by atoms with E-state index in [1.165, 1.54) is 5.56 Å². The molecule has 3 nitrogen and oxygen atoms in total. The Balaban J connectivity index is 1.97. The van der Waals surface area contributed by atoms with Crippen molar-refractivity contribution < 1.29 is 4.79 Å². The lowest BCUT2D eigenvalue weighted by Crippen LogP contribution is -2.30. The zero-order valence-electron chi connectivity index (χ0n) is 14.0. The van der Waals surface area contributed by atoms with Crippen LogP contribution in [0.2, 0.25) is 5.02 Å². The number of carbonyl (C=O) groups excluding carboxylic acids is 1. The molecule has 1 amide bonds. The van der Waals surface area contributed by atoms with E-state index in [2.05, 4.69) is 29.7 Å². The standard InChI is InChI=1S/C19H23ClN2O/c1-12-9-13(2)19(14(3)10-12)22-18(23)11-21-15(4)16-7-5-6-8-17(16)20/h5-10,15,21H,11H2,1-4H3,(H,22,23)/t15-/m0/s1. The quantitative estimate of drug-likeness (QED) is 0.844. The van der Waals surface area contributed by atoms with Crippen molar-refractivity contribution in [3.8, 4) is 0 Å². The smallest absolute Gasteiger partial charge is 0.238 e. The molecule has 0 spiro atoms. The van der Waals surface area contributed by atoms with Crippen molar-refractivity contribution in [1.29, 1.82) is 0 Å². The summed E-state index contributed by atoms with van der Waals surface area (Å²) in [6.07, 6.45) is 0. The summed E-state index contributed by atoms with van der Waals surface area (Å²) in [6, 6.07) is 11.8. The lowest BCUT2D eigenvalue weighted by Gasteiger charge is -2.17. The summed E-state index contributed by atoms with van der Waals surface area (Å²) in [5.74, 6) is -0.0565. The van der Waals surface area contributed by atoms with E-state index in [1.54, 1.807) is 0 Å². The van der Waals surface area contributed by atoms with Crippen LogP contribution in [0.3, 0.4) is 0 Å². The maximum atomic E-state index is 12.2. The maximum Gasteiger partial charge on any atom is 0.238 e. The van der Waals surface area contributed by atoms with E-state index >= 15 is 0 Å². The van der Waals surface area contributed by atoms with Gasteiger partial charge in [0.05, 0.1) is 6.54 Å². The van der Waals surface area contributed by atoms with Crippen LogP contribution in [0.1, 0.15) is 35.2 Å². The molecule has 1 atom stereocenters. The van der Waals surface area contributed by atoms with Crippen LogP contribution < -0.4 is 10.6 Å². The summed E-state index contributed by atoms with van der Waals surface area (Å²) in [5, 5.41) is 6.91. The number of rotatable bonds is 5. The molecule has 0 saturated carbocycles. The van der Waals surface area contributed by atoms with Gasteiger partial charge < -0.3 is 10.6 Å². The highest BCUT2D eigenvalue weighted by atomic mass is 35.5. The van der Waals surface area contributed by atoms with E-state index in [0.29, 0.717) is 5.02 Å². The van der Waals surface area contributed by atoms with Gasteiger partial charge in [0, 0.05) is 16.8 Å². The molecule has 0 aromatic heterocycles. The van der Waals surface area contributed by atoms with Gasteiger partial charge in [-0.15, -0.1) is 0 Å². The maximum absolute atomic E-state index is 12.2. The molecular weight excluding hydrogens is 308 g/mol. The molecule has 4 heteroatoms. The number of nitrogens with one attached hydrogen (secondary N) is 2. The van der Waals surface area contributed by atoms with E-state index in [9.17, 15) is 4.79 Å². The normalized spacial score (nSPS) is 12.0. The Bertz CT molecular complexity index is 689. The Morgan fingerprint density at radius 2 is 1.74 bits per heavy atom. The van der Waals surface area contributed by atoms with Crippen LogP contribution in [0.4, 0.5) is 5.69 Å². The molecule has 2 aromatic rings. The number of benzene rings is 2. The predicted molar refractivity (Wildman–Crippen MR) is 97.2 cm³/mol. The van der Waals surface area contributed by atoms with Gasteiger partial charge in [0.2, 0.25) is 5.91 Å². The summed E-state index contributed by atoms with van der Waals surface area (Å²) in [5.41, 5.74) is 5.24. The molecular formula is C19H23ClN2O. The molecule has 23 heavy (non-hydrogen) atoms. The van der Waals surface area contributed by atoms with Crippen LogP contribution in [-0.2, 0) is 4.79 Å². The van der Waals surface area contributed by atoms with Crippen molar-refractivity contribution in [1.82, 2.24) is 5.32 Å². The monoisotopic (exact) mass is 330 g/mol. The van der Waals surface area contributed by atoms with Crippen LogP contribution in [-0.4, -0.2) is 12.5 Å². The second-order valence-electron chi connectivity index (χ2n) is 5.95. The van der Waals surface area contributed by atoms with E-state index in [-0.39, 0.29) is 18.5 Å². The second-order valence-corrected chi connectivity index (χ2v) is 6.35. The third-order valence-electron chi connectivity index (χ3n) is 3.88. The van der Waals surface area contributed by atoms with Crippen LogP contribution >= 0.6 is 11.6 Å². The Morgan fingerprint density at radius 3 is 2.35 bits per heavy atom. The van der Waals surface area contributed by atoms with Gasteiger partial charge in [0.15, 0.2) is 0 Å². The highest BCUT2D eigenvalue weighted by Crippen LogP contribution is 2.23. The molecule has 0 fully saturated rings. The Labute approximate surface area is 143 Å². The van der Waals surface area contributed by atoms with Crippen molar-refractivity contribution in [2.45, 2.75) is 33.7 Å². The molecule has 0 radical (unpaired) electrons. The number of aryl methyl sites for hydroxylation is 3. The minimum atomic E-state index is -0.0565. The van der Waals surface area contributed by atoms with Crippen LogP contribution in [0.15, 0.2) is 36.4 Å².